The van der Waals surface area contributed by atoms with Crippen LogP contribution in [-0.2, 0) is 6.54 Å². The van der Waals surface area contributed by atoms with Crippen LogP contribution in [0.2, 0.25) is 0 Å². The minimum atomic E-state index is 0.332. The van der Waals surface area contributed by atoms with Gasteiger partial charge < -0.3 is 5.32 Å². The molecule has 86 valence electrons. The molecule has 0 aliphatic heterocycles. The maximum Gasteiger partial charge on any atom is 0.0346 e. The van der Waals surface area contributed by atoms with Gasteiger partial charge in [0.25, 0.3) is 0 Å². The van der Waals surface area contributed by atoms with Crippen LogP contribution in [0.4, 0.5) is 0 Å². The van der Waals surface area contributed by atoms with Crippen molar-refractivity contribution < 1.29 is 0 Å². The van der Waals surface area contributed by atoms with Gasteiger partial charge in [0.1, 0.15) is 0 Å². The van der Waals surface area contributed by atoms with Gasteiger partial charge in [0.15, 0.2) is 0 Å². The predicted octanol–water partition coefficient (Wildman–Crippen LogP) is 2.74. The molecule has 17 heavy (non-hydrogen) atoms. The van der Waals surface area contributed by atoms with Crippen LogP contribution in [0.3, 0.4) is 0 Å². The van der Waals surface area contributed by atoms with Crippen LogP contribution in [0.15, 0.2) is 36.7 Å². The minimum absolute atomic E-state index is 0.332. The lowest BCUT2D eigenvalue weighted by Crippen LogP contribution is -2.25. The largest absolute Gasteiger partial charge is 0.309 e. The molecule has 0 amide bonds. The summed E-state index contributed by atoms with van der Waals surface area (Å²) in [4.78, 5) is 4.26. The number of terminal acetylenes is 1. The van der Waals surface area contributed by atoms with Crippen molar-refractivity contribution >= 4 is 10.8 Å². The smallest absolute Gasteiger partial charge is 0.0346 e. The molecular weight excluding hydrogens is 208 g/mol. The van der Waals surface area contributed by atoms with Crippen LogP contribution < -0.4 is 5.32 Å². The van der Waals surface area contributed by atoms with E-state index in [1.165, 1.54) is 16.3 Å². The molecule has 0 aliphatic rings. The molecule has 1 N–H and O–H groups in total. The van der Waals surface area contributed by atoms with Crippen LogP contribution in [0.5, 0.6) is 0 Å². The summed E-state index contributed by atoms with van der Waals surface area (Å²) in [5, 5.41) is 5.84. The van der Waals surface area contributed by atoms with E-state index in [-0.39, 0.29) is 0 Å². The summed E-state index contributed by atoms with van der Waals surface area (Å²) in [5.41, 5.74) is 1.21. The molecule has 0 spiro atoms. The van der Waals surface area contributed by atoms with Crippen molar-refractivity contribution in [3.63, 3.8) is 0 Å². The monoisotopic (exact) mass is 224 g/mol. The molecule has 0 aliphatic carbocycles. The van der Waals surface area contributed by atoms with Gasteiger partial charge in [-0.1, -0.05) is 24.3 Å². The molecule has 2 heteroatoms. The summed E-state index contributed by atoms with van der Waals surface area (Å²) in [6.07, 6.45) is 9.84. The summed E-state index contributed by atoms with van der Waals surface area (Å²) in [7, 11) is 0. The van der Waals surface area contributed by atoms with E-state index in [1.54, 1.807) is 0 Å². The first kappa shape index (κ1) is 11.6. The second-order valence-electron chi connectivity index (χ2n) is 4.21. The van der Waals surface area contributed by atoms with Gasteiger partial charge in [-0.05, 0) is 17.9 Å². The molecular formula is C15H16N2. The van der Waals surface area contributed by atoms with E-state index in [4.69, 9.17) is 6.42 Å². The van der Waals surface area contributed by atoms with Crippen molar-refractivity contribution in [2.75, 3.05) is 0 Å². The molecule has 1 aromatic carbocycles. The highest BCUT2D eigenvalue weighted by Crippen LogP contribution is 2.16. The standard InChI is InChI=1S/C15H16N2/c1-3-6-12(2)17-11-14-10-16-9-13-7-4-5-8-15(13)14/h1,4-5,7-10,12,17H,6,11H2,2H3. The number of benzene rings is 1. The van der Waals surface area contributed by atoms with Crippen molar-refractivity contribution in [3.05, 3.63) is 42.2 Å². The van der Waals surface area contributed by atoms with Gasteiger partial charge in [-0.2, -0.15) is 0 Å². The molecule has 1 aromatic heterocycles. The summed E-state index contributed by atoms with van der Waals surface area (Å²) in [6, 6.07) is 8.62. The Morgan fingerprint density at radius 2 is 2.18 bits per heavy atom. The fourth-order valence-corrected chi connectivity index (χ4v) is 1.85. The Morgan fingerprint density at radius 3 is 3.00 bits per heavy atom. The molecule has 0 bridgehead atoms. The Morgan fingerprint density at radius 1 is 1.35 bits per heavy atom. The van der Waals surface area contributed by atoms with E-state index in [1.807, 2.05) is 18.5 Å². The van der Waals surface area contributed by atoms with Crippen LogP contribution in [0.1, 0.15) is 18.9 Å². The summed E-state index contributed by atoms with van der Waals surface area (Å²) < 4.78 is 0. The highest BCUT2D eigenvalue weighted by Gasteiger charge is 2.03. The van der Waals surface area contributed by atoms with Gasteiger partial charge in [-0.3, -0.25) is 4.98 Å². The quantitative estimate of drug-likeness (QED) is 0.808. The van der Waals surface area contributed by atoms with Crippen molar-refractivity contribution in [3.8, 4) is 12.3 Å². The van der Waals surface area contributed by atoms with Crippen LogP contribution >= 0.6 is 0 Å². The van der Waals surface area contributed by atoms with Crippen molar-refractivity contribution in [1.29, 1.82) is 0 Å². The first-order valence-electron chi connectivity index (χ1n) is 5.79. The summed E-state index contributed by atoms with van der Waals surface area (Å²) in [5.74, 6) is 2.66. The van der Waals surface area contributed by atoms with Crippen LogP contribution in [-0.4, -0.2) is 11.0 Å². The van der Waals surface area contributed by atoms with Crippen LogP contribution in [0.25, 0.3) is 10.8 Å². The molecule has 2 nitrogen and oxygen atoms in total. The highest BCUT2D eigenvalue weighted by atomic mass is 14.9. The van der Waals surface area contributed by atoms with Gasteiger partial charge in [0.05, 0.1) is 0 Å². The molecule has 1 heterocycles. The molecule has 1 atom stereocenters. The Kier molecular flexibility index (Phi) is 3.74. The third-order valence-corrected chi connectivity index (χ3v) is 2.82. The third-order valence-electron chi connectivity index (χ3n) is 2.82. The molecule has 0 saturated carbocycles. The normalized spacial score (nSPS) is 12.2. The molecule has 0 saturated heterocycles. The zero-order chi connectivity index (χ0) is 12.1. The SMILES string of the molecule is C#CCC(C)NCc1cncc2ccccc12. The number of aromatic nitrogens is 1. The molecule has 2 aromatic rings. The van der Waals surface area contributed by atoms with E-state index < -0.39 is 0 Å². The Bertz CT molecular complexity index is 535. The number of hydrogen-bond acceptors (Lipinski definition) is 2. The number of pyridine rings is 1. The maximum absolute atomic E-state index is 5.29. The van der Waals surface area contributed by atoms with E-state index in [0.29, 0.717) is 6.04 Å². The lowest BCUT2D eigenvalue weighted by Gasteiger charge is -2.12. The lowest BCUT2D eigenvalue weighted by atomic mass is 10.1. The first-order chi connectivity index (χ1) is 8.31. The highest BCUT2D eigenvalue weighted by molar-refractivity contribution is 5.84. The molecule has 0 radical (unpaired) electrons. The van der Waals surface area contributed by atoms with Gasteiger partial charge >= 0.3 is 0 Å². The molecule has 1 unspecified atom stereocenters. The second-order valence-corrected chi connectivity index (χ2v) is 4.21. The third kappa shape index (κ3) is 2.83. The molecule has 2 rings (SSSR count). The van der Waals surface area contributed by atoms with Crippen molar-refractivity contribution in [1.82, 2.24) is 10.3 Å². The minimum Gasteiger partial charge on any atom is -0.309 e. The zero-order valence-corrected chi connectivity index (χ0v) is 9.98. The van der Waals surface area contributed by atoms with E-state index >= 15 is 0 Å². The van der Waals surface area contributed by atoms with Gasteiger partial charge in [0.2, 0.25) is 0 Å². The zero-order valence-electron chi connectivity index (χ0n) is 9.98. The Labute approximate surface area is 102 Å². The average molecular weight is 224 g/mol. The Hall–Kier alpha value is -1.85. The fraction of sp³-hybridized carbons (Fsp3) is 0.267. The number of nitrogens with one attached hydrogen (secondary N) is 1. The van der Waals surface area contributed by atoms with E-state index in [0.717, 1.165) is 13.0 Å². The fourth-order valence-electron chi connectivity index (χ4n) is 1.85. The van der Waals surface area contributed by atoms with Gasteiger partial charge in [-0.25, -0.2) is 0 Å². The summed E-state index contributed by atoms with van der Waals surface area (Å²) >= 11 is 0. The van der Waals surface area contributed by atoms with E-state index in [2.05, 4.69) is 41.3 Å². The first-order valence-corrected chi connectivity index (χ1v) is 5.79. The maximum atomic E-state index is 5.29. The number of rotatable bonds is 4. The van der Waals surface area contributed by atoms with Crippen LogP contribution in [0, 0.1) is 12.3 Å². The molecule has 0 fully saturated rings. The number of fused-ring (bicyclic) bond motifs is 1. The number of hydrogen-bond donors (Lipinski definition) is 1. The Balaban J connectivity index is 2.16. The van der Waals surface area contributed by atoms with Gasteiger partial charge in [-0.15, -0.1) is 12.3 Å². The van der Waals surface area contributed by atoms with Crippen molar-refractivity contribution in [2.45, 2.75) is 25.9 Å². The average Bonchev–Trinajstić information content (AvgIpc) is 2.36. The van der Waals surface area contributed by atoms with Crippen molar-refractivity contribution in [2.24, 2.45) is 0 Å². The van der Waals surface area contributed by atoms with Gasteiger partial charge in [0, 0.05) is 36.8 Å². The topological polar surface area (TPSA) is 24.9 Å². The lowest BCUT2D eigenvalue weighted by molar-refractivity contribution is 0.560. The second kappa shape index (κ2) is 5.47. The number of nitrogens with zero attached hydrogens (tertiary/aromatic N) is 1. The predicted molar refractivity (Wildman–Crippen MR) is 71.5 cm³/mol. The van der Waals surface area contributed by atoms with E-state index in [9.17, 15) is 0 Å². The summed E-state index contributed by atoms with van der Waals surface area (Å²) in [6.45, 7) is 2.90.